The van der Waals surface area contributed by atoms with E-state index in [9.17, 15) is 16.8 Å². The van der Waals surface area contributed by atoms with Gasteiger partial charge in [-0.2, -0.15) is 16.8 Å². The predicted molar refractivity (Wildman–Crippen MR) is 147 cm³/mol. The molecular formula is C27H31O8S2Si. The zero-order valence-corrected chi connectivity index (χ0v) is 24.4. The monoisotopic (exact) mass is 575 g/mol. The van der Waals surface area contributed by atoms with Gasteiger partial charge in [-0.3, -0.25) is 9.11 Å². The molecule has 0 aliphatic carbocycles. The molecule has 11 heteroatoms. The maximum atomic E-state index is 11.2. The van der Waals surface area contributed by atoms with Gasteiger partial charge in [-0.25, -0.2) is 0 Å². The van der Waals surface area contributed by atoms with Gasteiger partial charge in [0, 0.05) is 16.7 Å². The molecule has 0 aromatic heterocycles. The molecule has 1 atom stereocenters. The number of fused-ring (bicyclic) bond motifs is 1. The Kier molecular flexibility index (Phi) is 8.99. The summed E-state index contributed by atoms with van der Waals surface area (Å²) in [5.74, 6) is 2.40. The van der Waals surface area contributed by atoms with Gasteiger partial charge in [-0.05, 0) is 41.7 Å². The molecule has 0 bridgehead atoms. The van der Waals surface area contributed by atoms with Gasteiger partial charge in [-0.1, -0.05) is 71.0 Å². The molecule has 1 heterocycles. The lowest BCUT2D eigenvalue weighted by Crippen LogP contribution is -2.16. The molecule has 3 aromatic rings. The number of allylic oxidation sites excluding steroid dienone is 2. The third kappa shape index (κ3) is 7.17. The number of hydrogen-bond acceptors (Lipinski definition) is 5. The fourth-order valence-electron chi connectivity index (χ4n) is 3.72. The van der Waals surface area contributed by atoms with Gasteiger partial charge in [0.25, 0.3) is 26.0 Å². The second-order valence-electron chi connectivity index (χ2n) is 9.89. The lowest BCUT2D eigenvalue weighted by atomic mass is 9.86. The summed E-state index contributed by atoms with van der Waals surface area (Å²) in [6.07, 6.45) is 3.11. The molecule has 203 valence electrons. The molecule has 0 saturated carbocycles. The Morgan fingerprint density at radius 1 is 0.868 bits per heavy atom. The van der Waals surface area contributed by atoms with Crippen LogP contribution in [0.1, 0.15) is 56.3 Å². The van der Waals surface area contributed by atoms with Gasteiger partial charge in [0.05, 0.1) is 17.4 Å². The fourth-order valence-corrected chi connectivity index (χ4v) is 5.80. The first-order valence-electron chi connectivity index (χ1n) is 11.9. The van der Waals surface area contributed by atoms with Crippen molar-refractivity contribution in [1.82, 2.24) is 0 Å². The highest BCUT2D eigenvalue weighted by Crippen LogP contribution is 2.28. The van der Waals surface area contributed by atoms with Crippen LogP contribution in [-0.2, 0) is 30.1 Å². The minimum absolute atomic E-state index is 0.0233. The Morgan fingerprint density at radius 3 is 1.79 bits per heavy atom. The van der Waals surface area contributed by atoms with Crippen LogP contribution in [-0.4, -0.2) is 41.7 Å². The molecule has 8 nitrogen and oxygen atoms in total. The standard InChI is InChI=1S/C17H23O2Si.C10H8O6S2/c1-6-12(2)15-11-16(19-20-18-15)13-7-9-14(10-8-13)17(3,4)5;11-17(12,13)9-5-1-3-7-8(9)4-2-6-10(7)18(14,15)16/h7-12H,6H2,1-5H3;1-6H,(H,11,12,13)(H,14,15,16). The van der Waals surface area contributed by atoms with Crippen LogP contribution in [0.25, 0.3) is 10.8 Å². The van der Waals surface area contributed by atoms with Crippen molar-refractivity contribution in [2.75, 3.05) is 0 Å². The smallest absolute Gasteiger partial charge is 0.424 e. The van der Waals surface area contributed by atoms with E-state index in [1.165, 1.54) is 29.8 Å². The van der Waals surface area contributed by atoms with Gasteiger partial charge in [0.1, 0.15) is 9.79 Å². The van der Waals surface area contributed by atoms with Crippen LogP contribution < -0.4 is 0 Å². The largest absolute Gasteiger partial charge is 0.633 e. The third-order valence-corrected chi connectivity index (χ3v) is 8.56. The Hall–Kier alpha value is -2.83. The molecule has 0 spiro atoms. The molecule has 2 N–H and O–H groups in total. The lowest BCUT2D eigenvalue weighted by molar-refractivity contribution is -0.108. The summed E-state index contributed by atoms with van der Waals surface area (Å²) < 4.78 is 74.0. The molecule has 3 aromatic carbocycles. The average Bonchev–Trinajstić information content (AvgIpc) is 2.86. The predicted octanol–water partition coefficient (Wildman–Crippen LogP) is 5.53. The highest BCUT2D eigenvalue weighted by molar-refractivity contribution is 7.86. The Balaban J connectivity index is 0.000000212. The van der Waals surface area contributed by atoms with Gasteiger partial charge in [0.2, 0.25) is 0 Å². The van der Waals surface area contributed by atoms with Crippen molar-refractivity contribution in [1.29, 1.82) is 0 Å². The summed E-state index contributed by atoms with van der Waals surface area (Å²) in [6.45, 7) is 11.0. The van der Waals surface area contributed by atoms with E-state index in [0.29, 0.717) is 5.92 Å². The summed E-state index contributed by atoms with van der Waals surface area (Å²) in [4.78, 5) is -0.823. The summed E-state index contributed by atoms with van der Waals surface area (Å²) >= 11 is 0. The molecule has 38 heavy (non-hydrogen) atoms. The highest BCUT2D eigenvalue weighted by atomic mass is 32.2. The fraction of sp³-hybridized carbons (Fsp3) is 0.296. The second-order valence-corrected chi connectivity index (χ2v) is 13.2. The van der Waals surface area contributed by atoms with Crippen molar-refractivity contribution >= 4 is 46.8 Å². The lowest BCUT2D eigenvalue weighted by Gasteiger charge is -2.21. The maximum absolute atomic E-state index is 11.2. The average molecular weight is 576 g/mol. The quantitative estimate of drug-likeness (QED) is 0.232. The maximum Gasteiger partial charge on any atom is 0.424 e. The molecule has 1 aliphatic rings. The Morgan fingerprint density at radius 2 is 1.37 bits per heavy atom. The molecule has 1 radical (unpaired) electrons. The van der Waals surface area contributed by atoms with Crippen molar-refractivity contribution in [3.63, 3.8) is 0 Å². The summed E-state index contributed by atoms with van der Waals surface area (Å²) in [5, 5.41) is 0.0465. The first kappa shape index (κ1) is 29.7. The Labute approximate surface area is 226 Å². The van der Waals surface area contributed by atoms with Crippen molar-refractivity contribution in [2.45, 2.75) is 56.2 Å². The minimum atomic E-state index is -4.47. The minimum Gasteiger partial charge on any atom is -0.633 e. The van der Waals surface area contributed by atoms with Crippen LogP contribution in [0.5, 0.6) is 0 Å². The Bertz CT molecular complexity index is 1510. The van der Waals surface area contributed by atoms with Crippen LogP contribution >= 0.6 is 0 Å². The van der Waals surface area contributed by atoms with E-state index in [4.69, 9.17) is 17.6 Å². The zero-order chi connectivity index (χ0) is 28.3. The molecule has 4 rings (SSSR count). The van der Waals surface area contributed by atoms with E-state index in [1.54, 1.807) is 0 Å². The van der Waals surface area contributed by atoms with E-state index >= 15 is 0 Å². The number of rotatable bonds is 5. The van der Waals surface area contributed by atoms with Gasteiger partial charge >= 0.3 is 10.0 Å². The molecule has 0 amide bonds. The molecule has 0 saturated heterocycles. The van der Waals surface area contributed by atoms with Crippen LogP contribution in [0.15, 0.2) is 82.3 Å². The number of hydrogen-bond donors (Lipinski definition) is 2. The van der Waals surface area contributed by atoms with E-state index in [-0.39, 0.29) is 26.2 Å². The summed E-state index contributed by atoms with van der Waals surface area (Å²) in [7, 11) is -8.87. The topological polar surface area (TPSA) is 129 Å². The van der Waals surface area contributed by atoms with Crippen LogP contribution in [0, 0.1) is 5.92 Å². The zero-order valence-electron chi connectivity index (χ0n) is 21.8. The molecular weight excluding hydrogens is 545 g/mol. The van der Waals surface area contributed by atoms with E-state index in [1.807, 2.05) is 6.08 Å². The van der Waals surface area contributed by atoms with Crippen LogP contribution in [0.4, 0.5) is 0 Å². The van der Waals surface area contributed by atoms with Gasteiger partial charge in [0.15, 0.2) is 0 Å². The summed E-state index contributed by atoms with van der Waals surface area (Å²) in [6, 6.07) is 16.2. The van der Waals surface area contributed by atoms with E-state index in [0.717, 1.165) is 35.7 Å². The van der Waals surface area contributed by atoms with E-state index in [2.05, 4.69) is 58.9 Å². The van der Waals surface area contributed by atoms with Crippen molar-refractivity contribution in [2.24, 2.45) is 5.92 Å². The number of carbonyl (C=O) groups excluding carboxylic acids is 1. The van der Waals surface area contributed by atoms with Crippen LogP contribution in [0.3, 0.4) is 0 Å². The summed E-state index contributed by atoms with van der Waals surface area (Å²) in [5.41, 5.74) is 2.64. The third-order valence-electron chi connectivity index (χ3n) is 6.12. The van der Waals surface area contributed by atoms with E-state index < -0.39 is 30.0 Å². The van der Waals surface area contributed by atoms with Crippen LogP contribution in [0.2, 0.25) is 0 Å². The van der Waals surface area contributed by atoms with Crippen molar-refractivity contribution in [3.05, 3.63) is 83.6 Å². The number of benzene rings is 3. The van der Waals surface area contributed by atoms with Gasteiger partial charge in [-0.15, -0.1) is 0 Å². The first-order valence-corrected chi connectivity index (χ1v) is 15.6. The SMILES string of the molecule is CCC(C)C1=CC(c2ccc(C(C)(C)C)cc2)=[O+][Si-]O1.O=S(=O)(O)c1cccc2c(S(=O)(=O)O)cccc12. The molecule has 1 aliphatic heterocycles. The second kappa shape index (κ2) is 11.5. The molecule has 1 unspecified atom stereocenters. The number of ketones is 1. The normalized spacial score (nSPS) is 14.8. The van der Waals surface area contributed by atoms with Crippen molar-refractivity contribution in [3.8, 4) is 0 Å². The molecule has 0 fully saturated rings. The first-order chi connectivity index (χ1) is 17.6. The van der Waals surface area contributed by atoms with Gasteiger partial charge < -0.3 is 8.54 Å². The highest BCUT2D eigenvalue weighted by Gasteiger charge is 2.20. The van der Waals surface area contributed by atoms with Crippen molar-refractivity contribution < 1.29 is 34.5 Å².